The van der Waals surface area contributed by atoms with E-state index in [4.69, 9.17) is 17.0 Å². The molecule has 0 aliphatic rings. The molecule has 0 unspecified atom stereocenters. The maximum atomic E-state index is 12.5. The van der Waals surface area contributed by atoms with E-state index in [0.29, 0.717) is 26.1 Å². The van der Waals surface area contributed by atoms with Crippen molar-refractivity contribution in [3.8, 4) is 0 Å². The third-order valence-electron chi connectivity index (χ3n) is 4.87. The Morgan fingerprint density at radius 2 is 1.69 bits per heavy atom. The highest BCUT2D eigenvalue weighted by molar-refractivity contribution is 7.80. The van der Waals surface area contributed by atoms with Gasteiger partial charge in [0.1, 0.15) is 5.00 Å². The lowest BCUT2D eigenvalue weighted by atomic mass is 10.0. The van der Waals surface area contributed by atoms with E-state index in [-0.39, 0.29) is 5.91 Å². The van der Waals surface area contributed by atoms with Crippen molar-refractivity contribution in [1.29, 1.82) is 0 Å². The summed E-state index contributed by atoms with van der Waals surface area (Å²) in [5.41, 5.74) is 4.02. The van der Waals surface area contributed by atoms with Crippen LogP contribution in [0.5, 0.6) is 0 Å². The van der Waals surface area contributed by atoms with E-state index in [1.807, 2.05) is 42.5 Å². The molecule has 166 valence electrons. The predicted molar refractivity (Wildman–Crippen MR) is 134 cm³/mol. The Kier molecular flexibility index (Phi) is 7.61. The van der Waals surface area contributed by atoms with E-state index < -0.39 is 5.97 Å². The van der Waals surface area contributed by atoms with Crippen LogP contribution in [0.1, 0.15) is 36.7 Å². The Morgan fingerprint density at radius 1 is 1.03 bits per heavy atom. The summed E-state index contributed by atoms with van der Waals surface area (Å²) in [5.74, 6) is -0.705. The number of nitrogens with zero attached hydrogens (tertiary/aromatic N) is 1. The van der Waals surface area contributed by atoms with Crippen LogP contribution in [0.2, 0.25) is 0 Å². The summed E-state index contributed by atoms with van der Waals surface area (Å²) in [7, 11) is 4.65. The van der Waals surface area contributed by atoms with Crippen molar-refractivity contribution in [3.63, 3.8) is 0 Å². The van der Waals surface area contributed by atoms with Crippen LogP contribution < -0.4 is 10.6 Å². The number of carbonyl (C=O) groups is 2. The number of anilines is 2. The minimum absolute atomic E-state index is 0.183. The van der Waals surface area contributed by atoms with Crippen LogP contribution in [-0.4, -0.2) is 43.1 Å². The topological polar surface area (TPSA) is 70.7 Å². The van der Waals surface area contributed by atoms with Gasteiger partial charge in [-0.05, 0) is 48.3 Å². The quantitative estimate of drug-likeness (QED) is 0.395. The Morgan fingerprint density at radius 3 is 2.34 bits per heavy atom. The van der Waals surface area contributed by atoms with E-state index in [1.54, 1.807) is 21.0 Å². The largest absolute Gasteiger partial charge is 0.465 e. The molecule has 0 aliphatic heterocycles. The summed E-state index contributed by atoms with van der Waals surface area (Å²) in [5, 5.41) is 7.10. The standard InChI is InChI=1S/C24H25N3O3S2/c1-15-19(23(29)30-4)21(32-20(15)22(28)27(2)3)26-24(31)25-18-13-9-8-12-17(18)14-16-10-6-5-7-11-16/h5-13H,14H2,1-4H3,(H2,25,26,31). The van der Waals surface area contributed by atoms with Gasteiger partial charge >= 0.3 is 5.97 Å². The van der Waals surface area contributed by atoms with Gasteiger partial charge in [0.15, 0.2) is 5.11 Å². The van der Waals surface area contributed by atoms with Gasteiger partial charge in [-0.1, -0.05) is 48.5 Å². The molecule has 6 nitrogen and oxygen atoms in total. The van der Waals surface area contributed by atoms with Crippen molar-refractivity contribution >= 4 is 51.2 Å². The molecule has 1 amide bonds. The van der Waals surface area contributed by atoms with Gasteiger partial charge in [0, 0.05) is 19.8 Å². The van der Waals surface area contributed by atoms with Crippen LogP contribution in [0.15, 0.2) is 54.6 Å². The third kappa shape index (κ3) is 5.33. The molecule has 0 radical (unpaired) electrons. The maximum absolute atomic E-state index is 12.5. The lowest BCUT2D eigenvalue weighted by Gasteiger charge is -2.14. The Bertz CT molecular complexity index is 1140. The van der Waals surface area contributed by atoms with E-state index in [0.717, 1.165) is 17.7 Å². The predicted octanol–water partition coefficient (Wildman–Crippen LogP) is 4.94. The summed E-state index contributed by atoms with van der Waals surface area (Å²) >= 11 is 6.71. The second kappa shape index (κ2) is 10.4. The Balaban J connectivity index is 1.85. The molecule has 0 atom stereocenters. The monoisotopic (exact) mass is 467 g/mol. The van der Waals surface area contributed by atoms with Gasteiger partial charge in [-0.15, -0.1) is 11.3 Å². The summed E-state index contributed by atoms with van der Waals surface area (Å²) in [6, 6.07) is 18.1. The SMILES string of the molecule is COC(=O)c1c(NC(=S)Nc2ccccc2Cc2ccccc2)sc(C(=O)N(C)C)c1C. The van der Waals surface area contributed by atoms with Crippen molar-refractivity contribution in [2.24, 2.45) is 0 Å². The summed E-state index contributed by atoms with van der Waals surface area (Å²) in [6.45, 7) is 1.73. The number of rotatable bonds is 6. The fourth-order valence-electron chi connectivity index (χ4n) is 3.23. The molecule has 3 aromatic rings. The summed E-state index contributed by atoms with van der Waals surface area (Å²) < 4.78 is 4.94. The number of benzene rings is 2. The van der Waals surface area contributed by atoms with E-state index in [9.17, 15) is 9.59 Å². The van der Waals surface area contributed by atoms with Crippen LogP contribution in [0.4, 0.5) is 10.7 Å². The molecule has 2 N–H and O–H groups in total. The van der Waals surface area contributed by atoms with Gasteiger partial charge in [-0.3, -0.25) is 4.79 Å². The number of thiophene rings is 1. The fourth-order valence-corrected chi connectivity index (χ4v) is 4.72. The Hall–Kier alpha value is -3.23. The number of para-hydroxylation sites is 1. The van der Waals surface area contributed by atoms with Gasteiger partial charge in [-0.2, -0.15) is 0 Å². The van der Waals surface area contributed by atoms with Gasteiger partial charge in [-0.25, -0.2) is 4.79 Å². The molecule has 0 fully saturated rings. The first-order chi connectivity index (χ1) is 15.3. The van der Waals surface area contributed by atoms with Gasteiger partial charge < -0.3 is 20.3 Å². The lowest BCUT2D eigenvalue weighted by Crippen LogP contribution is -2.21. The van der Waals surface area contributed by atoms with Crippen molar-refractivity contribution in [3.05, 3.63) is 81.7 Å². The van der Waals surface area contributed by atoms with E-state index in [2.05, 4.69) is 22.8 Å². The molecule has 32 heavy (non-hydrogen) atoms. The van der Waals surface area contributed by atoms with E-state index in [1.165, 1.54) is 28.9 Å². The van der Waals surface area contributed by atoms with Crippen LogP contribution in [0.3, 0.4) is 0 Å². The van der Waals surface area contributed by atoms with Crippen LogP contribution in [-0.2, 0) is 11.2 Å². The zero-order valence-electron chi connectivity index (χ0n) is 18.4. The highest BCUT2D eigenvalue weighted by Crippen LogP contribution is 2.34. The van der Waals surface area contributed by atoms with Gasteiger partial charge in [0.05, 0.1) is 17.6 Å². The number of methoxy groups -OCH3 is 1. The first-order valence-electron chi connectivity index (χ1n) is 9.95. The second-order valence-corrected chi connectivity index (χ2v) is 8.78. The minimum atomic E-state index is -0.522. The van der Waals surface area contributed by atoms with Crippen LogP contribution in [0.25, 0.3) is 0 Å². The molecule has 2 aromatic carbocycles. The summed E-state index contributed by atoms with van der Waals surface area (Å²) in [6.07, 6.45) is 0.750. The number of hydrogen-bond acceptors (Lipinski definition) is 5. The van der Waals surface area contributed by atoms with Crippen LogP contribution >= 0.6 is 23.6 Å². The van der Waals surface area contributed by atoms with Crippen molar-refractivity contribution in [2.45, 2.75) is 13.3 Å². The molecule has 0 aliphatic carbocycles. The highest BCUT2D eigenvalue weighted by Gasteiger charge is 2.26. The maximum Gasteiger partial charge on any atom is 0.341 e. The summed E-state index contributed by atoms with van der Waals surface area (Å²) in [4.78, 5) is 26.9. The second-order valence-electron chi connectivity index (χ2n) is 7.35. The number of hydrogen-bond donors (Lipinski definition) is 2. The molecular formula is C24H25N3O3S2. The molecule has 0 spiro atoms. The number of nitrogens with one attached hydrogen (secondary N) is 2. The average Bonchev–Trinajstić information content (AvgIpc) is 3.10. The first-order valence-corrected chi connectivity index (χ1v) is 11.2. The van der Waals surface area contributed by atoms with Crippen molar-refractivity contribution < 1.29 is 14.3 Å². The van der Waals surface area contributed by atoms with E-state index >= 15 is 0 Å². The van der Waals surface area contributed by atoms with Crippen molar-refractivity contribution in [1.82, 2.24) is 4.90 Å². The number of ether oxygens (including phenoxy) is 1. The third-order valence-corrected chi connectivity index (χ3v) is 6.27. The normalized spacial score (nSPS) is 10.4. The number of amides is 1. The number of esters is 1. The first kappa shape index (κ1) is 23.4. The smallest absolute Gasteiger partial charge is 0.341 e. The zero-order valence-corrected chi connectivity index (χ0v) is 20.0. The van der Waals surface area contributed by atoms with Gasteiger partial charge in [0.2, 0.25) is 0 Å². The molecule has 1 heterocycles. The fraction of sp³-hybridized carbons (Fsp3) is 0.208. The number of thiocarbonyl (C=S) groups is 1. The average molecular weight is 468 g/mol. The Labute approximate surface area is 197 Å². The molecule has 1 aromatic heterocycles. The molecule has 3 rings (SSSR count). The zero-order chi connectivity index (χ0) is 23.3. The van der Waals surface area contributed by atoms with Crippen molar-refractivity contribution in [2.75, 3.05) is 31.8 Å². The molecule has 0 saturated heterocycles. The number of carbonyl (C=O) groups excluding carboxylic acids is 2. The lowest BCUT2D eigenvalue weighted by molar-refractivity contribution is 0.0601. The molecular weight excluding hydrogens is 442 g/mol. The molecule has 0 bridgehead atoms. The highest BCUT2D eigenvalue weighted by atomic mass is 32.1. The van der Waals surface area contributed by atoms with Crippen LogP contribution in [0, 0.1) is 6.92 Å². The van der Waals surface area contributed by atoms with Gasteiger partial charge in [0.25, 0.3) is 5.91 Å². The minimum Gasteiger partial charge on any atom is -0.465 e. The molecule has 8 heteroatoms. The molecule has 0 saturated carbocycles.